The van der Waals surface area contributed by atoms with Crippen LogP contribution in [0.25, 0.3) is 0 Å². The summed E-state index contributed by atoms with van der Waals surface area (Å²) in [7, 11) is 2.01. The van der Waals surface area contributed by atoms with Crippen molar-refractivity contribution < 1.29 is 5.11 Å². The molecule has 1 aromatic carbocycles. The van der Waals surface area contributed by atoms with E-state index in [9.17, 15) is 5.11 Å². The van der Waals surface area contributed by atoms with Crippen molar-refractivity contribution in [2.75, 3.05) is 19.3 Å². The number of hydrogen-bond acceptors (Lipinski definition) is 4. The van der Waals surface area contributed by atoms with E-state index in [1.165, 1.54) is 11.1 Å². The van der Waals surface area contributed by atoms with Gasteiger partial charge in [-0.1, -0.05) is 24.3 Å². The minimum absolute atomic E-state index is 0.454. The highest BCUT2D eigenvalue weighted by Gasteiger charge is 2.10. The Morgan fingerprint density at radius 1 is 1.40 bits per heavy atom. The van der Waals surface area contributed by atoms with Gasteiger partial charge in [-0.3, -0.25) is 9.58 Å². The Kier molecular flexibility index (Phi) is 4.76. The minimum atomic E-state index is -0.469. The van der Waals surface area contributed by atoms with Crippen LogP contribution in [0.1, 0.15) is 11.1 Å². The van der Waals surface area contributed by atoms with Crippen LogP contribution in [-0.4, -0.2) is 39.5 Å². The number of nitrogens with two attached hydrogens (primary N) is 1. The third-order valence-electron chi connectivity index (χ3n) is 3.27. The van der Waals surface area contributed by atoms with Crippen molar-refractivity contribution >= 4 is 5.69 Å². The molecule has 0 aliphatic heterocycles. The molecular weight excluding hydrogens is 252 g/mol. The molecule has 0 saturated heterocycles. The van der Waals surface area contributed by atoms with Crippen LogP contribution in [-0.2, 0) is 13.1 Å². The van der Waals surface area contributed by atoms with Gasteiger partial charge < -0.3 is 10.8 Å². The lowest BCUT2D eigenvalue weighted by Crippen LogP contribution is -2.32. The van der Waals surface area contributed by atoms with Crippen LogP contribution in [0.4, 0.5) is 5.69 Å². The number of aromatic nitrogens is 2. The molecule has 0 spiro atoms. The van der Waals surface area contributed by atoms with Crippen LogP contribution < -0.4 is 5.73 Å². The average molecular weight is 274 g/mol. The summed E-state index contributed by atoms with van der Waals surface area (Å²) < 4.78 is 1.67. The zero-order chi connectivity index (χ0) is 14.5. The van der Waals surface area contributed by atoms with Crippen LogP contribution in [0.2, 0.25) is 0 Å². The number of hydrogen-bond donors (Lipinski definition) is 2. The molecule has 2 aromatic rings. The van der Waals surface area contributed by atoms with Gasteiger partial charge >= 0.3 is 0 Å². The highest BCUT2D eigenvalue weighted by molar-refractivity contribution is 5.30. The number of likely N-dealkylation sites (N-methyl/N-ethyl adjacent to an activating group) is 1. The summed E-state index contributed by atoms with van der Waals surface area (Å²) in [6.07, 6.45) is 2.84. The summed E-state index contributed by atoms with van der Waals surface area (Å²) in [4.78, 5) is 2.11. The Morgan fingerprint density at radius 2 is 2.15 bits per heavy atom. The van der Waals surface area contributed by atoms with Crippen molar-refractivity contribution in [3.63, 3.8) is 0 Å². The number of aryl methyl sites for hydroxylation is 1. The molecule has 1 unspecified atom stereocenters. The molecule has 108 valence electrons. The number of benzene rings is 1. The molecule has 0 bridgehead atoms. The maximum atomic E-state index is 10.1. The van der Waals surface area contributed by atoms with E-state index in [1.807, 2.05) is 19.2 Å². The molecule has 0 saturated carbocycles. The van der Waals surface area contributed by atoms with E-state index in [0.29, 0.717) is 18.8 Å². The number of anilines is 1. The molecule has 5 heteroatoms. The highest BCUT2D eigenvalue weighted by Crippen LogP contribution is 2.10. The van der Waals surface area contributed by atoms with Crippen molar-refractivity contribution in [3.05, 3.63) is 47.8 Å². The van der Waals surface area contributed by atoms with Gasteiger partial charge in [-0.2, -0.15) is 5.10 Å². The van der Waals surface area contributed by atoms with Crippen molar-refractivity contribution in [1.29, 1.82) is 0 Å². The van der Waals surface area contributed by atoms with Gasteiger partial charge in [-0.25, -0.2) is 0 Å². The van der Waals surface area contributed by atoms with Crippen molar-refractivity contribution in [2.24, 2.45) is 0 Å². The first-order valence-corrected chi connectivity index (χ1v) is 6.73. The molecular formula is C15H22N4O. The Morgan fingerprint density at radius 3 is 2.80 bits per heavy atom. The first kappa shape index (κ1) is 14.6. The topological polar surface area (TPSA) is 67.3 Å². The summed E-state index contributed by atoms with van der Waals surface area (Å²) in [6, 6.07) is 8.30. The number of aliphatic hydroxyl groups is 1. The van der Waals surface area contributed by atoms with Gasteiger partial charge in [0.2, 0.25) is 0 Å². The summed E-state index contributed by atoms with van der Waals surface area (Å²) >= 11 is 0. The van der Waals surface area contributed by atoms with E-state index in [2.05, 4.69) is 29.1 Å². The van der Waals surface area contributed by atoms with Crippen molar-refractivity contribution in [3.8, 4) is 0 Å². The predicted molar refractivity (Wildman–Crippen MR) is 80.2 cm³/mol. The molecule has 3 N–H and O–H groups in total. The average Bonchev–Trinajstić information content (AvgIpc) is 2.77. The van der Waals surface area contributed by atoms with E-state index in [-0.39, 0.29) is 0 Å². The fourth-order valence-electron chi connectivity index (χ4n) is 2.26. The Bertz CT molecular complexity index is 552. The molecule has 1 aromatic heterocycles. The van der Waals surface area contributed by atoms with E-state index in [4.69, 9.17) is 5.73 Å². The van der Waals surface area contributed by atoms with Crippen molar-refractivity contribution in [1.82, 2.24) is 14.7 Å². The van der Waals surface area contributed by atoms with Crippen LogP contribution in [0.5, 0.6) is 0 Å². The monoisotopic (exact) mass is 274 g/mol. The first-order valence-electron chi connectivity index (χ1n) is 6.73. The molecule has 5 nitrogen and oxygen atoms in total. The molecule has 0 fully saturated rings. The minimum Gasteiger partial charge on any atom is -0.396 e. The van der Waals surface area contributed by atoms with Crippen LogP contribution >= 0.6 is 0 Å². The van der Waals surface area contributed by atoms with Gasteiger partial charge in [-0.05, 0) is 25.1 Å². The molecule has 20 heavy (non-hydrogen) atoms. The predicted octanol–water partition coefficient (Wildman–Crippen LogP) is 1.27. The molecule has 1 atom stereocenters. The molecule has 0 amide bonds. The van der Waals surface area contributed by atoms with E-state index in [1.54, 1.807) is 17.1 Å². The summed E-state index contributed by atoms with van der Waals surface area (Å²) in [5.41, 5.74) is 8.77. The number of nitrogens with zero attached hydrogens (tertiary/aromatic N) is 3. The van der Waals surface area contributed by atoms with Gasteiger partial charge in [0.15, 0.2) is 0 Å². The van der Waals surface area contributed by atoms with Crippen LogP contribution in [0.15, 0.2) is 36.7 Å². The number of aliphatic hydroxyl groups excluding tert-OH is 1. The number of nitrogen functional groups attached to an aromatic ring is 1. The number of rotatable bonds is 6. The highest BCUT2D eigenvalue weighted by atomic mass is 16.3. The second-order valence-electron chi connectivity index (χ2n) is 5.27. The van der Waals surface area contributed by atoms with Gasteiger partial charge in [0.25, 0.3) is 0 Å². The largest absolute Gasteiger partial charge is 0.396 e. The van der Waals surface area contributed by atoms with E-state index < -0.39 is 6.10 Å². The van der Waals surface area contributed by atoms with Crippen LogP contribution in [0.3, 0.4) is 0 Å². The zero-order valence-electron chi connectivity index (χ0n) is 12.0. The molecule has 1 heterocycles. The third-order valence-corrected chi connectivity index (χ3v) is 3.27. The zero-order valence-corrected chi connectivity index (χ0v) is 12.0. The fourth-order valence-corrected chi connectivity index (χ4v) is 2.26. The Labute approximate surface area is 119 Å². The first-order chi connectivity index (χ1) is 9.54. The van der Waals surface area contributed by atoms with Gasteiger partial charge in [0, 0.05) is 19.3 Å². The second kappa shape index (κ2) is 6.54. The lowest BCUT2D eigenvalue weighted by atomic mass is 10.1. The van der Waals surface area contributed by atoms with Crippen molar-refractivity contribution in [2.45, 2.75) is 26.1 Å². The smallest absolute Gasteiger partial charge is 0.0862 e. The lowest BCUT2D eigenvalue weighted by molar-refractivity contribution is 0.104. The summed E-state index contributed by atoms with van der Waals surface area (Å²) in [5, 5.41) is 14.2. The quantitative estimate of drug-likeness (QED) is 0.832. The second-order valence-corrected chi connectivity index (χ2v) is 5.27. The maximum absolute atomic E-state index is 10.1. The summed E-state index contributed by atoms with van der Waals surface area (Å²) in [6.45, 7) is 3.97. The third kappa shape index (κ3) is 4.08. The van der Waals surface area contributed by atoms with E-state index in [0.717, 1.165) is 6.54 Å². The summed E-state index contributed by atoms with van der Waals surface area (Å²) in [5.74, 6) is 0. The standard InChI is InChI=1S/C15H22N4O/c1-12-5-3-4-6-13(12)8-18(2)10-15(20)11-19-9-14(16)7-17-19/h3-7,9,15,20H,8,10-11,16H2,1-2H3. The van der Waals surface area contributed by atoms with Gasteiger partial charge in [0.05, 0.1) is 24.5 Å². The SMILES string of the molecule is Cc1ccccc1CN(C)CC(O)Cn1cc(N)cn1. The molecule has 2 rings (SSSR count). The molecule has 0 aliphatic rings. The maximum Gasteiger partial charge on any atom is 0.0862 e. The van der Waals surface area contributed by atoms with Gasteiger partial charge in [0.1, 0.15) is 0 Å². The molecule has 0 aliphatic carbocycles. The van der Waals surface area contributed by atoms with E-state index >= 15 is 0 Å². The normalized spacial score (nSPS) is 12.8. The van der Waals surface area contributed by atoms with Crippen LogP contribution in [0, 0.1) is 6.92 Å². The molecule has 0 radical (unpaired) electrons. The Balaban J connectivity index is 1.85. The fraction of sp³-hybridized carbons (Fsp3) is 0.400. The van der Waals surface area contributed by atoms with Gasteiger partial charge in [-0.15, -0.1) is 0 Å². The lowest BCUT2D eigenvalue weighted by Gasteiger charge is -2.21. The Hall–Kier alpha value is -1.85.